The lowest BCUT2D eigenvalue weighted by Gasteiger charge is -2.13. The largest absolute Gasteiger partial charge is 0.469 e. The Labute approximate surface area is 122 Å². The summed E-state index contributed by atoms with van der Waals surface area (Å²) in [7, 11) is 1.31. The first-order valence-corrected chi connectivity index (χ1v) is 6.48. The highest BCUT2D eigenvalue weighted by Gasteiger charge is 2.15. The van der Waals surface area contributed by atoms with Crippen molar-refractivity contribution in [1.29, 1.82) is 0 Å². The van der Waals surface area contributed by atoms with Crippen LogP contribution < -0.4 is 5.32 Å². The Balaban J connectivity index is 2.58. The van der Waals surface area contributed by atoms with Crippen molar-refractivity contribution < 1.29 is 14.3 Å². The van der Waals surface area contributed by atoms with Gasteiger partial charge in [0.2, 0.25) is 5.91 Å². The third kappa shape index (κ3) is 5.09. The Hall–Kier alpha value is -1.26. The number of nitrogens with one attached hydrogen (secondary N) is 1. The predicted octanol–water partition coefficient (Wildman–Crippen LogP) is 2.60. The van der Waals surface area contributed by atoms with Crippen LogP contribution in [0.5, 0.6) is 0 Å². The van der Waals surface area contributed by atoms with Gasteiger partial charge in [-0.15, -0.1) is 0 Å². The number of benzene rings is 1. The van der Waals surface area contributed by atoms with Crippen molar-refractivity contribution in [2.24, 2.45) is 0 Å². The van der Waals surface area contributed by atoms with Crippen LogP contribution in [0.2, 0.25) is 10.0 Å². The minimum Gasteiger partial charge on any atom is -0.469 e. The molecule has 1 atom stereocenters. The van der Waals surface area contributed by atoms with E-state index in [0.717, 1.165) is 0 Å². The van der Waals surface area contributed by atoms with E-state index in [4.69, 9.17) is 23.2 Å². The van der Waals surface area contributed by atoms with Crippen LogP contribution in [0.1, 0.15) is 18.9 Å². The third-order valence-corrected chi connectivity index (χ3v) is 3.22. The van der Waals surface area contributed by atoms with Gasteiger partial charge in [0.1, 0.15) is 0 Å². The second-order valence-electron chi connectivity index (χ2n) is 4.13. The zero-order valence-electron chi connectivity index (χ0n) is 10.7. The van der Waals surface area contributed by atoms with E-state index in [2.05, 4.69) is 10.1 Å². The number of ether oxygens (including phenoxy) is 1. The highest BCUT2D eigenvalue weighted by atomic mass is 35.5. The molecule has 0 saturated heterocycles. The lowest BCUT2D eigenvalue weighted by Crippen LogP contribution is -2.35. The molecule has 1 aromatic rings. The van der Waals surface area contributed by atoms with Crippen LogP contribution in [-0.4, -0.2) is 25.0 Å². The first kappa shape index (κ1) is 15.8. The van der Waals surface area contributed by atoms with Gasteiger partial charge < -0.3 is 10.1 Å². The van der Waals surface area contributed by atoms with E-state index in [1.54, 1.807) is 25.1 Å². The van der Waals surface area contributed by atoms with Crippen molar-refractivity contribution in [3.05, 3.63) is 33.8 Å². The number of carbonyl (C=O) groups is 2. The molecule has 0 spiro atoms. The zero-order valence-corrected chi connectivity index (χ0v) is 12.2. The lowest BCUT2D eigenvalue weighted by molar-refractivity contribution is -0.141. The van der Waals surface area contributed by atoms with Crippen LogP contribution in [0.15, 0.2) is 18.2 Å². The van der Waals surface area contributed by atoms with Gasteiger partial charge in [0.15, 0.2) is 0 Å². The number of hydrogen-bond donors (Lipinski definition) is 1. The fourth-order valence-electron chi connectivity index (χ4n) is 1.57. The molecule has 0 aliphatic rings. The standard InChI is InChI=1S/C13H15Cl2NO3/c1-8(6-13(18)19-2)16-12(17)7-9-10(14)4-3-5-11(9)15/h3-5,8H,6-7H2,1-2H3,(H,16,17). The normalized spacial score (nSPS) is 11.8. The molecule has 6 heteroatoms. The molecule has 1 N–H and O–H groups in total. The fraction of sp³-hybridized carbons (Fsp3) is 0.385. The summed E-state index contributed by atoms with van der Waals surface area (Å²) in [5.74, 6) is -0.616. The Kier molecular flexibility index (Phi) is 6.12. The van der Waals surface area contributed by atoms with E-state index in [0.29, 0.717) is 15.6 Å². The van der Waals surface area contributed by atoms with Crippen LogP contribution in [0.25, 0.3) is 0 Å². The number of hydrogen-bond acceptors (Lipinski definition) is 3. The van der Waals surface area contributed by atoms with E-state index < -0.39 is 0 Å². The first-order valence-electron chi connectivity index (χ1n) is 5.73. The Morgan fingerprint density at radius 1 is 1.32 bits per heavy atom. The van der Waals surface area contributed by atoms with Crippen LogP contribution in [0.3, 0.4) is 0 Å². The Morgan fingerprint density at radius 3 is 2.42 bits per heavy atom. The number of halogens is 2. The van der Waals surface area contributed by atoms with E-state index in [1.165, 1.54) is 7.11 Å². The molecule has 0 aliphatic carbocycles. The first-order chi connectivity index (χ1) is 8.93. The minimum absolute atomic E-state index is 0.0734. The molecule has 1 unspecified atom stereocenters. The van der Waals surface area contributed by atoms with Crippen molar-refractivity contribution in [3.63, 3.8) is 0 Å². The van der Waals surface area contributed by atoms with Crippen molar-refractivity contribution in [2.45, 2.75) is 25.8 Å². The van der Waals surface area contributed by atoms with E-state index in [1.807, 2.05) is 0 Å². The second kappa shape index (κ2) is 7.36. The molecule has 0 radical (unpaired) electrons. The number of carbonyl (C=O) groups excluding carboxylic acids is 2. The quantitative estimate of drug-likeness (QED) is 0.851. The van der Waals surface area contributed by atoms with Crippen LogP contribution in [0, 0.1) is 0 Å². The summed E-state index contributed by atoms with van der Waals surface area (Å²) in [6.45, 7) is 1.73. The van der Waals surface area contributed by atoms with Gasteiger partial charge in [0.05, 0.1) is 20.0 Å². The number of amides is 1. The van der Waals surface area contributed by atoms with Crippen molar-refractivity contribution in [3.8, 4) is 0 Å². The average molecular weight is 304 g/mol. The van der Waals surface area contributed by atoms with Gasteiger partial charge >= 0.3 is 5.97 Å². The summed E-state index contributed by atoms with van der Waals surface area (Å²) in [4.78, 5) is 22.9. The molecule has 0 saturated carbocycles. The topological polar surface area (TPSA) is 55.4 Å². The SMILES string of the molecule is COC(=O)CC(C)NC(=O)Cc1c(Cl)cccc1Cl. The summed E-state index contributed by atoms with van der Waals surface area (Å²) in [5, 5.41) is 3.59. The van der Waals surface area contributed by atoms with Crippen molar-refractivity contribution >= 4 is 35.1 Å². The smallest absolute Gasteiger partial charge is 0.307 e. The molecular weight excluding hydrogens is 289 g/mol. The van der Waals surface area contributed by atoms with Crippen LogP contribution >= 0.6 is 23.2 Å². The van der Waals surface area contributed by atoms with Gasteiger partial charge in [-0.2, -0.15) is 0 Å². The summed E-state index contributed by atoms with van der Waals surface area (Å²) in [6, 6.07) is 4.76. The van der Waals surface area contributed by atoms with Crippen molar-refractivity contribution in [1.82, 2.24) is 5.32 Å². The van der Waals surface area contributed by atoms with Crippen LogP contribution in [-0.2, 0) is 20.7 Å². The summed E-state index contributed by atoms with van der Waals surface area (Å²) in [6.07, 6.45) is 0.197. The summed E-state index contributed by atoms with van der Waals surface area (Å²) < 4.78 is 4.53. The highest BCUT2D eigenvalue weighted by Crippen LogP contribution is 2.24. The lowest BCUT2D eigenvalue weighted by atomic mass is 10.1. The molecule has 1 aromatic carbocycles. The van der Waals surface area contributed by atoms with Gasteiger partial charge in [-0.3, -0.25) is 9.59 Å². The number of esters is 1. The Morgan fingerprint density at radius 2 is 1.89 bits per heavy atom. The number of methoxy groups -OCH3 is 1. The summed E-state index contributed by atoms with van der Waals surface area (Å²) in [5.41, 5.74) is 0.577. The zero-order chi connectivity index (χ0) is 14.4. The molecule has 0 heterocycles. The van der Waals surface area contributed by atoms with Crippen LogP contribution in [0.4, 0.5) is 0 Å². The molecular formula is C13H15Cl2NO3. The van der Waals surface area contributed by atoms with Gasteiger partial charge in [0, 0.05) is 16.1 Å². The van der Waals surface area contributed by atoms with E-state index in [9.17, 15) is 9.59 Å². The molecule has 4 nitrogen and oxygen atoms in total. The van der Waals surface area contributed by atoms with Gasteiger partial charge in [-0.25, -0.2) is 0 Å². The molecule has 0 aliphatic heterocycles. The molecule has 1 amide bonds. The highest BCUT2D eigenvalue weighted by molar-refractivity contribution is 6.36. The number of rotatable bonds is 5. The molecule has 0 bridgehead atoms. The maximum Gasteiger partial charge on any atom is 0.307 e. The molecule has 19 heavy (non-hydrogen) atoms. The van der Waals surface area contributed by atoms with E-state index in [-0.39, 0.29) is 30.8 Å². The van der Waals surface area contributed by atoms with Gasteiger partial charge in [-0.1, -0.05) is 29.3 Å². The average Bonchev–Trinajstić information content (AvgIpc) is 2.33. The predicted molar refractivity (Wildman–Crippen MR) is 74.4 cm³/mol. The van der Waals surface area contributed by atoms with E-state index >= 15 is 0 Å². The van der Waals surface area contributed by atoms with Crippen molar-refractivity contribution in [2.75, 3.05) is 7.11 Å². The van der Waals surface area contributed by atoms with Gasteiger partial charge in [-0.05, 0) is 24.6 Å². The van der Waals surface area contributed by atoms with Gasteiger partial charge in [0.25, 0.3) is 0 Å². The molecule has 0 fully saturated rings. The fourth-order valence-corrected chi connectivity index (χ4v) is 2.10. The third-order valence-electron chi connectivity index (χ3n) is 2.51. The Bertz CT molecular complexity index is 457. The molecule has 104 valence electrons. The minimum atomic E-state index is -0.372. The molecule has 0 aromatic heterocycles. The molecule has 1 rings (SSSR count). The maximum atomic E-state index is 11.8. The summed E-state index contributed by atoms with van der Waals surface area (Å²) >= 11 is 12.0. The second-order valence-corrected chi connectivity index (χ2v) is 4.94. The monoisotopic (exact) mass is 303 g/mol. The maximum absolute atomic E-state index is 11.8.